The van der Waals surface area contributed by atoms with Crippen molar-refractivity contribution < 1.29 is 9.53 Å². The van der Waals surface area contributed by atoms with Crippen LogP contribution in [0.25, 0.3) is 5.57 Å². The minimum Gasteiger partial charge on any atom is -0.444 e. The third kappa shape index (κ3) is 5.72. The first-order valence-corrected chi connectivity index (χ1v) is 8.71. The maximum Gasteiger partial charge on any atom is 0.410 e. The van der Waals surface area contributed by atoms with E-state index in [1.807, 2.05) is 20.8 Å². The summed E-state index contributed by atoms with van der Waals surface area (Å²) in [7, 11) is 0. The largest absolute Gasteiger partial charge is 0.444 e. The molecule has 1 aliphatic heterocycles. The summed E-state index contributed by atoms with van der Waals surface area (Å²) in [6, 6.07) is 0.129. The zero-order valence-electron chi connectivity index (χ0n) is 15.9. The Labute approximate surface area is 154 Å². The topological polar surface area (TPSA) is 120 Å². The summed E-state index contributed by atoms with van der Waals surface area (Å²) in [4.78, 5) is 26.8. The summed E-state index contributed by atoms with van der Waals surface area (Å²) in [5.74, 6) is 0.356. The quantitative estimate of drug-likeness (QED) is 0.798. The molecule has 0 saturated carbocycles. The number of ether oxygens (including phenoxy) is 1. The lowest BCUT2D eigenvalue weighted by Gasteiger charge is -2.32. The summed E-state index contributed by atoms with van der Waals surface area (Å²) in [5.41, 5.74) is 13.0. The number of anilines is 1. The van der Waals surface area contributed by atoms with Crippen molar-refractivity contribution in [3.63, 3.8) is 0 Å². The van der Waals surface area contributed by atoms with E-state index in [-0.39, 0.29) is 12.1 Å². The van der Waals surface area contributed by atoms with E-state index in [0.717, 1.165) is 18.4 Å². The van der Waals surface area contributed by atoms with E-state index in [9.17, 15) is 4.79 Å². The van der Waals surface area contributed by atoms with E-state index in [1.165, 1.54) is 6.20 Å². The van der Waals surface area contributed by atoms with Crippen LogP contribution in [0.4, 0.5) is 10.6 Å². The van der Waals surface area contributed by atoms with E-state index >= 15 is 0 Å². The summed E-state index contributed by atoms with van der Waals surface area (Å²) >= 11 is 0. The van der Waals surface area contributed by atoms with Crippen molar-refractivity contribution in [1.82, 2.24) is 14.9 Å². The minimum absolute atomic E-state index is 0.129. The number of aromatic nitrogens is 2. The SMILES string of the molecule is CC(N)=C(C=NC1CCN(C(=O)OC(C)(C)C)CC1)c1cnc(N)cn1. The molecule has 0 unspecified atom stereocenters. The van der Waals surface area contributed by atoms with Crippen molar-refractivity contribution in [3.8, 4) is 0 Å². The lowest BCUT2D eigenvalue weighted by molar-refractivity contribution is 0.0207. The maximum atomic E-state index is 12.1. The van der Waals surface area contributed by atoms with Crippen LogP contribution in [0.3, 0.4) is 0 Å². The van der Waals surface area contributed by atoms with Gasteiger partial charge in [-0.15, -0.1) is 0 Å². The molecule has 1 fully saturated rings. The number of carbonyl (C=O) groups excluding carboxylic acids is 1. The highest BCUT2D eigenvalue weighted by molar-refractivity contribution is 6.09. The monoisotopic (exact) mass is 360 g/mol. The highest BCUT2D eigenvalue weighted by Crippen LogP contribution is 2.18. The molecule has 1 aromatic rings. The zero-order valence-corrected chi connectivity index (χ0v) is 15.9. The highest BCUT2D eigenvalue weighted by Gasteiger charge is 2.26. The highest BCUT2D eigenvalue weighted by atomic mass is 16.6. The Morgan fingerprint density at radius 2 is 1.96 bits per heavy atom. The standard InChI is InChI=1S/C18H28N6O2/c1-12(19)14(15-10-23-16(20)11-22-15)9-21-13-5-7-24(8-6-13)17(25)26-18(2,3)4/h9-11,13H,5-8,19H2,1-4H3,(H2,20,23). The van der Waals surface area contributed by atoms with Crippen LogP contribution in [0, 0.1) is 0 Å². The van der Waals surface area contributed by atoms with Gasteiger partial charge in [-0.25, -0.2) is 9.78 Å². The van der Waals surface area contributed by atoms with Crippen LogP contribution in [-0.4, -0.2) is 51.9 Å². The smallest absolute Gasteiger partial charge is 0.410 e. The fourth-order valence-electron chi connectivity index (χ4n) is 2.55. The number of allylic oxidation sites excluding steroid dienone is 2. The Kier molecular flexibility index (Phi) is 6.18. The molecule has 0 bridgehead atoms. The molecule has 0 atom stereocenters. The number of hydrogen-bond acceptors (Lipinski definition) is 7. The van der Waals surface area contributed by atoms with Gasteiger partial charge >= 0.3 is 6.09 Å². The summed E-state index contributed by atoms with van der Waals surface area (Å²) < 4.78 is 5.41. The van der Waals surface area contributed by atoms with Gasteiger partial charge in [0.25, 0.3) is 0 Å². The molecule has 1 amide bonds. The first-order valence-electron chi connectivity index (χ1n) is 8.71. The zero-order chi connectivity index (χ0) is 19.3. The van der Waals surface area contributed by atoms with Gasteiger partial charge in [-0.1, -0.05) is 0 Å². The fraction of sp³-hybridized carbons (Fsp3) is 0.556. The van der Waals surface area contributed by atoms with Gasteiger partial charge in [0.15, 0.2) is 0 Å². The minimum atomic E-state index is -0.482. The van der Waals surface area contributed by atoms with Gasteiger partial charge < -0.3 is 21.1 Å². The summed E-state index contributed by atoms with van der Waals surface area (Å²) in [6.45, 7) is 8.64. The molecule has 2 heterocycles. The van der Waals surface area contributed by atoms with Crippen molar-refractivity contribution in [2.75, 3.05) is 18.8 Å². The predicted octanol–water partition coefficient (Wildman–Crippen LogP) is 2.22. The van der Waals surface area contributed by atoms with Crippen LogP contribution in [0.15, 0.2) is 23.1 Å². The Balaban J connectivity index is 1.96. The molecular weight excluding hydrogens is 332 g/mol. The van der Waals surface area contributed by atoms with Crippen LogP contribution in [0.2, 0.25) is 0 Å². The van der Waals surface area contributed by atoms with E-state index < -0.39 is 5.60 Å². The van der Waals surface area contributed by atoms with Crippen LogP contribution in [-0.2, 0) is 4.74 Å². The van der Waals surface area contributed by atoms with E-state index in [4.69, 9.17) is 16.2 Å². The van der Waals surface area contributed by atoms with Crippen LogP contribution in [0.1, 0.15) is 46.2 Å². The second kappa shape index (κ2) is 8.16. The molecule has 0 radical (unpaired) electrons. The molecule has 1 saturated heterocycles. The van der Waals surface area contributed by atoms with Gasteiger partial charge in [0, 0.05) is 30.6 Å². The lowest BCUT2D eigenvalue weighted by atomic mass is 10.1. The number of rotatable bonds is 3. The van der Waals surface area contributed by atoms with Crippen LogP contribution >= 0.6 is 0 Å². The molecule has 0 aromatic carbocycles. The number of hydrogen-bond donors (Lipinski definition) is 2. The van der Waals surface area contributed by atoms with Crippen molar-refractivity contribution in [3.05, 3.63) is 23.8 Å². The van der Waals surface area contributed by atoms with Gasteiger partial charge in [0.1, 0.15) is 11.4 Å². The van der Waals surface area contributed by atoms with Gasteiger partial charge in [-0.2, -0.15) is 0 Å². The van der Waals surface area contributed by atoms with Gasteiger partial charge in [0.05, 0.1) is 24.1 Å². The summed E-state index contributed by atoms with van der Waals surface area (Å²) in [6.07, 6.45) is 6.10. The molecule has 26 heavy (non-hydrogen) atoms. The van der Waals surface area contributed by atoms with Gasteiger partial charge in [0.2, 0.25) is 0 Å². The van der Waals surface area contributed by atoms with Crippen molar-refractivity contribution >= 4 is 23.7 Å². The average molecular weight is 360 g/mol. The third-order valence-corrected chi connectivity index (χ3v) is 3.90. The molecule has 4 N–H and O–H groups in total. The molecule has 8 nitrogen and oxygen atoms in total. The molecule has 2 rings (SSSR count). The van der Waals surface area contributed by atoms with Gasteiger partial charge in [-0.05, 0) is 40.5 Å². The molecule has 1 aromatic heterocycles. The normalized spacial score (nSPS) is 17.3. The molecule has 0 aliphatic carbocycles. The summed E-state index contributed by atoms with van der Waals surface area (Å²) in [5, 5.41) is 0. The van der Waals surface area contributed by atoms with Gasteiger partial charge in [-0.3, -0.25) is 9.98 Å². The van der Waals surface area contributed by atoms with Crippen molar-refractivity contribution in [2.45, 2.75) is 52.2 Å². The lowest BCUT2D eigenvalue weighted by Crippen LogP contribution is -2.42. The Bertz CT molecular complexity index is 679. The first-order chi connectivity index (χ1) is 12.2. The van der Waals surface area contributed by atoms with Crippen LogP contribution < -0.4 is 11.5 Å². The Morgan fingerprint density at radius 1 is 1.31 bits per heavy atom. The number of carbonyl (C=O) groups is 1. The van der Waals surface area contributed by atoms with E-state index in [2.05, 4.69) is 15.0 Å². The number of nitrogens with two attached hydrogens (primary N) is 2. The molecule has 1 aliphatic rings. The van der Waals surface area contributed by atoms with Crippen LogP contribution in [0.5, 0.6) is 0 Å². The second-order valence-electron chi connectivity index (χ2n) is 7.40. The average Bonchev–Trinajstić information content (AvgIpc) is 2.55. The van der Waals surface area contributed by atoms with Crippen molar-refractivity contribution in [2.24, 2.45) is 10.7 Å². The predicted molar refractivity (Wildman–Crippen MR) is 103 cm³/mol. The first kappa shape index (κ1) is 19.7. The molecule has 142 valence electrons. The number of nitrogen functional groups attached to an aromatic ring is 1. The van der Waals surface area contributed by atoms with E-state index in [0.29, 0.717) is 30.3 Å². The number of piperidine rings is 1. The number of likely N-dealkylation sites (tertiary alicyclic amines) is 1. The second-order valence-corrected chi connectivity index (χ2v) is 7.40. The van der Waals surface area contributed by atoms with E-state index in [1.54, 1.807) is 24.2 Å². The molecule has 0 spiro atoms. The number of amides is 1. The third-order valence-electron chi connectivity index (χ3n) is 3.90. The fourth-order valence-corrected chi connectivity index (χ4v) is 2.55. The van der Waals surface area contributed by atoms with Crippen molar-refractivity contribution in [1.29, 1.82) is 0 Å². The molecule has 8 heteroatoms. The maximum absolute atomic E-state index is 12.1. The number of aliphatic imine (C=N–C) groups is 1. The number of nitrogens with zero attached hydrogens (tertiary/aromatic N) is 4. The Morgan fingerprint density at radius 3 is 2.46 bits per heavy atom. The Hall–Kier alpha value is -2.64. The molecular formula is C18H28N6O2.